The number of halogens is 3. The average Bonchev–Trinajstić information content (AvgIpc) is 2.95. The van der Waals surface area contributed by atoms with E-state index >= 15 is 0 Å². The molecular formula is C17H21F3N2O. The van der Waals surface area contributed by atoms with Gasteiger partial charge in [-0.25, -0.2) is 0 Å². The van der Waals surface area contributed by atoms with Crippen LogP contribution in [0.1, 0.15) is 33.3 Å². The lowest BCUT2D eigenvalue weighted by molar-refractivity contribution is -0.137. The number of rotatable bonds is 4. The molecule has 1 saturated carbocycles. The van der Waals surface area contributed by atoms with Crippen molar-refractivity contribution in [3.8, 4) is 0 Å². The lowest BCUT2D eigenvalue weighted by Crippen LogP contribution is -2.33. The maximum Gasteiger partial charge on any atom is 0.418 e. The van der Waals surface area contributed by atoms with Crippen LogP contribution >= 0.6 is 0 Å². The first-order valence-electron chi connectivity index (χ1n) is 7.42. The van der Waals surface area contributed by atoms with Gasteiger partial charge in [0, 0.05) is 0 Å². The van der Waals surface area contributed by atoms with Gasteiger partial charge in [-0.3, -0.25) is 15.6 Å². The molecule has 3 nitrogen and oxygen atoms in total. The number of hydrogen-bond acceptors (Lipinski definition) is 2. The van der Waals surface area contributed by atoms with Gasteiger partial charge in [0.2, 0.25) is 5.91 Å². The van der Waals surface area contributed by atoms with E-state index in [0.29, 0.717) is 0 Å². The van der Waals surface area contributed by atoms with Gasteiger partial charge < -0.3 is 0 Å². The summed E-state index contributed by atoms with van der Waals surface area (Å²) in [5.74, 6) is -0.440. The van der Waals surface area contributed by atoms with Crippen molar-refractivity contribution in [3.05, 3.63) is 41.5 Å². The molecule has 126 valence electrons. The normalized spacial score (nSPS) is 22.2. The lowest BCUT2D eigenvalue weighted by atomic mass is 10.1. The van der Waals surface area contributed by atoms with Gasteiger partial charge in [0.05, 0.1) is 17.2 Å². The third kappa shape index (κ3) is 3.68. The Kier molecular flexibility index (Phi) is 4.46. The largest absolute Gasteiger partial charge is 0.418 e. The number of nitrogens with one attached hydrogen (secondary N) is 2. The number of hydrazine groups is 1. The first-order valence-corrected chi connectivity index (χ1v) is 7.42. The second-order valence-corrected chi connectivity index (χ2v) is 6.73. The molecule has 2 rings (SSSR count). The molecule has 0 unspecified atom stereocenters. The molecule has 1 aliphatic carbocycles. The van der Waals surface area contributed by atoms with E-state index in [1.807, 2.05) is 33.8 Å². The Hall–Kier alpha value is -1.98. The fourth-order valence-corrected chi connectivity index (χ4v) is 2.89. The van der Waals surface area contributed by atoms with Crippen LogP contribution < -0.4 is 10.9 Å². The first-order chi connectivity index (χ1) is 10.5. The van der Waals surface area contributed by atoms with Crippen molar-refractivity contribution in [1.82, 2.24) is 5.43 Å². The molecule has 2 atom stereocenters. The van der Waals surface area contributed by atoms with Gasteiger partial charge in [0.25, 0.3) is 0 Å². The molecular weight excluding hydrogens is 305 g/mol. The molecule has 0 saturated heterocycles. The molecule has 0 heterocycles. The molecule has 1 aromatic carbocycles. The Bertz CT molecular complexity index is 631. The van der Waals surface area contributed by atoms with E-state index in [0.717, 1.165) is 11.6 Å². The van der Waals surface area contributed by atoms with Crippen LogP contribution in [0.15, 0.2) is 35.9 Å². The van der Waals surface area contributed by atoms with Crippen LogP contribution in [0.2, 0.25) is 0 Å². The van der Waals surface area contributed by atoms with Gasteiger partial charge in [-0.2, -0.15) is 13.2 Å². The Balaban J connectivity index is 2.06. The fourth-order valence-electron chi connectivity index (χ4n) is 2.89. The van der Waals surface area contributed by atoms with E-state index < -0.39 is 11.7 Å². The van der Waals surface area contributed by atoms with E-state index in [4.69, 9.17) is 0 Å². The number of benzene rings is 1. The van der Waals surface area contributed by atoms with Gasteiger partial charge in [-0.1, -0.05) is 37.6 Å². The number of hydrogen-bond donors (Lipinski definition) is 2. The van der Waals surface area contributed by atoms with Gasteiger partial charge >= 0.3 is 6.18 Å². The number of allylic oxidation sites excluding steroid dienone is 2. The zero-order chi connectivity index (χ0) is 17.4. The summed E-state index contributed by atoms with van der Waals surface area (Å²) in [7, 11) is 0. The van der Waals surface area contributed by atoms with E-state index in [9.17, 15) is 18.0 Å². The molecule has 0 spiro atoms. The summed E-state index contributed by atoms with van der Waals surface area (Å²) in [6.07, 6.45) is -2.44. The molecule has 0 aromatic heterocycles. The van der Waals surface area contributed by atoms with Crippen LogP contribution in [-0.2, 0) is 11.0 Å². The van der Waals surface area contributed by atoms with Crippen molar-refractivity contribution in [2.45, 2.75) is 33.9 Å². The highest BCUT2D eigenvalue weighted by molar-refractivity contribution is 5.84. The zero-order valence-electron chi connectivity index (χ0n) is 13.6. The summed E-state index contributed by atoms with van der Waals surface area (Å²) >= 11 is 0. The standard InChI is InChI=1S/C17H21F3N2O/c1-10(2)9-12-14(16(12,3)4)15(23)22-21-13-8-6-5-7-11(13)17(18,19)20/h5-9,12,14,21H,1-4H3,(H,22,23)/t12-,14-/m0/s1. The van der Waals surface area contributed by atoms with Crippen molar-refractivity contribution in [2.75, 3.05) is 5.43 Å². The molecule has 6 heteroatoms. The molecule has 1 fully saturated rings. The topological polar surface area (TPSA) is 41.1 Å². The lowest BCUT2D eigenvalue weighted by Gasteiger charge is -2.15. The average molecular weight is 326 g/mol. The van der Waals surface area contributed by atoms with Gasteiger partial charge in [0.15, 0.2) is 0 Å². The van der Waals surface area contributed by atoms with E-state index in [2.05, 4.69) is 10.9 Å². The third-order valence-corrected chi connectivity index (χ3v) is 4.26. The maximum absolute atomic E-state index is 12.9. The van der Waals surface area contributed by atoms with Crippen molar-refractivity contribution < 1.29 is 18.0 Å². The molecule has 1 aromatic rings. The van der Waals surface area contributed by atoms with Crippen LogP contribution in [0, 0.1) is 17.3 Å². The van der Waals surface area contributed by atoms with Crippen LogP contribution in [0.3, 0.4) is 0 Å². The fraction of sp³-hybridized carbons (Fsp3) is 0.471. The van der Waals surface area contributed by atoms with Gasteiger partial charge in [-0.15, -0.1) is 0 Å². The number of amides is 1. The van der Waals surface area contributed by atoms with Gasteiger partial charge in [-0.05, 0) is 37.3 Å². The van der Waals surface area contributed by atoms with Crippen molar-refractivity contribution in [3.63, 3.8) is 0 Å². The Morgan fingerprint density at radius 2 is 1.83 bits per heavy atom. The number of carbonyl (C=O) groups is 1. The molecule has 0 radical (unpaired) electrons. The quantitative estimate of drug-likeness (QED) is 0.636. The summed E-state index contributed by atoms with van der Waals surface area (Å²) in [5.41, 5.74) is 4.79. The monoisotopic (exact) mass is 326 g/mol. The Labute approximate surface area is 133 Å². The van der Waals surface area contributed by atoms with E-state index in [-0.39, 0.29) is 28.8 Å². The zero-order valence-corrected chi connectivity index (χ0v) is 13.6. The second-order valence-electron chi connectivity index (χ2n) is 6.73. The summed E-state index contributed by atoms with van der Waals surface area (Å²) in [4.78, 5) is 12.3. The third-order valence-electron chi connectivity index (χ3n) is 4.26. The minimum atomic E-state index is -4.47. The predicted octanol–water partition coefficient (Wildman–Crippen LogP) is 4.39. The Morgan fingerprint density at radius 3 is 2.39 bits per heavy atom. The summed E-state index contributed by atoms with van der Waals surface area (Å²) < 4.78 is 38.7. The number of anilines is 1. The molecule has 0 aliphatic heterocycles. The van der Waals surface area contributed by atoms with Crippen molar-refractivity contribution >= 4 is 11.6 Å². The molecule has 1 amide bonds. The summed E-state index contributed by atoms with van der Waals surface area (Å²) in [6.45, 7) is 7.87. The SMILES string of the molecule is CC(C)=C[C@H]1[C@@H](C(=O)NNc2ccccc2C(F)(F)F)C1(C)C. The van der Waals surface area contributed by atoms with E-state index in [1.165, 1.54) is 18.2 Å². The van der Waals surface area contributed by atoms with Crippen molar-refractivity contribution in [2.24, 2.45) is 17.3 Å². The van der Waals surface area contributed by atoms with E-state index in [1.54, 1.807) is 0 Å². The number of alkyl halides is 3. The first kappa shape index (κ1) is 17.4. The van der Waals surface area contributed by atoms with Crippen molar-refractivity contribution in [1.29, 1.82) is 0 Å². The highest BCUT2D eigenvalue weighted by Gasteiger charge is 2.60. The molecule has 23 heavy (non-hydrogen) atoms. The van der Waals surface area contributed by atoms with Crippen LogP contribution in [0.5, 0.6) is 0 Å². The maximum atomic E-state index is 12.9. The predicted molar refractivity (Wildman–Crippen MR) is 83.4 cm³/mol. The second kappa shape index (κ2) is 5.91. The molecule has 2 N–H and O–H groups in total. The Morgan fingerprint density at radius 1 is 1.22 bits per heavy atom. The molecule has 0 bridgehead atoms. The minimum absolute atomic E-state index is 0.104. The minimum Gasteiger partial charge on any atom is -0.298 e. The number of para-hydroxylation sites is 1. The van der Waals surface area contributed by atoms with Gasteiger partial charge in [0.1, 0.15) is 0 Å². The van der Waals surface area contributed by atoms with Crippen LogP contribution in [0.4, 0.5) is 18.9 Å². The molecule has 1 aliphatic rings. The van der Waals surface area contributed by atoms with Crippen LogP contribution in [0.25, 0.3) is 0 Å². The number of carbonyl (C=O) groups excluding carboxylic acids is 1. The highest BCUT2D eigenvalue weighted by atomic mass is 19.4. The van der Waals surface area contributed by atoms with Crippen LogP contribution in [-0.4, -0.2) is 5.91 Å². The smallest absolute Gasteiger partial charge is 0.298 e. The highest BCUT2D eigenvalue weighted by Crippen LogP contribution is 2.59. The summed E-state index contributed by atoms with van der Waals surface area (Å²) in [6, 6.07) is 5.05. The summed E-state index contributed by atoms with van der Waals surface area (Å²) in [5, 5.41) is 0.